The number of rotatable bonds is 3. The average molecular weight is 315 g/mol. The molecule has 0 atom stereocenters. The van der Waals surface area contributed by atoms with Crippen LogP contribution in [0.5, 0.6) is 5.06 Å². The van der Waals surface area contributed by atoms with E-state index in [4.69, 9.17) is 9.47 Å². The highest BCUT2D eigenvalue weighted by atomic mass is 79.9. The van der Waals surface area contributed by atoms with Gasteiger partial charge in [0.05, 0.1) is 6.61 Å². The third-order valence-electron chi connectivity index (χ3n) is 2.16. The largest absolute Gasteiger partial charge is 0.514 e. The van der Waals surface area contributed by atoms with Gasteiger partial charge in [0, 0.05) is 16.1 Å². The molecule has 0 bridgehead atoms. The van der Waals surface area contributed by atoms with E-state index in [-0.39, 0.29) is 0 Å². The van der Waals surface area contributed by atoms with Gasteiger partial charge in [0.15, 0.2) is 5.06 Å². The molecule has 0 N–H and O–H groups in total. The molecule has 1 aromatic heterocycles. The van der Waals surface area contributed by atoms with Gasteiger partial charge >= 0.3 is 6.16 Å². The summed E-state index contributed by atoms with van der Waals surface area (Å²) in [6.45, 7) is 2.06. The zero-order chi connectivity index (χ0) is 12.3. The topological polar surface area (TPSA) is 35.5 Å². The molecular weight excluding hydrogens is 304 g/mol. The maximum atomic E-state index is 11.2. The number of fused-ring (bicyclic) bond motifs is 1. The Kier molecular flexibility index (Phi) is 4.02. The van der Waals surface area contributed by atoms with E-state index >= 15 is 0 Å². The molecule has 0 radical (unpaired) electrons. The van der Waals surface area contributed by atoms with Crippen LogP contribution in [0.1, 0.15) is 12.5 Å². The van der Waals surface area contributed by atoms with Crippen LogP contribution in [-0.4, -0.2) is 12.8 Å². The van der Waals surface area contributed by atoms with E-state index < -0.39 is 6.16 Å². The van der Waals surface area contributed by atoms with Gasteiger partial charge in [-0.3, -0.25) is 0 Å². The van der Waals surface area contributed by atoms with Crippen LogP contribution >= 0.6 is 27.3 Å². The van der Waals surface area contributed by atoms with E-state index in [1.807, 2.05) is 18.2 Å². The Balaban J connectivity index is 2.22. The number of alkyl halides is 1. The van der Waals surface area contributed by atoms with E-state index in [1.165, 1.54) is 16.9 Å². The third kappa shape index (κ3) is 2.98. The molecular formula is C12H11BrO3S. The molecule has 0 aliphatic rings. The summed E-state index contributed by atoms with van der Waals surface area (Å²) in [4.78, 5) is 11.2. The van der Waals surface area contributed by atoms with Crippen LogP contribution in [0.4, 0.5) is 4.79 Å². The fourth-order valence-electron chi connectivity index (χ4n) is 1.43. The van der Waals surface area contributed by atoms with E-state index in [1.54, 1.807) is 6.92 Å². The van der Waals surface area contributed by atoms with Crippen LogP contribution in [-0.2, 0) is 10.1 Å². The zero-order valence-electron chi connectivity index (χ0n) is 9.23. The minimum atomic E-state index is -0.653. The normalized spacial score (nSPS) is 10.5. The molecule has 0 aliphatic heterocycles. The molecule has 0 aliphatic carbocycles. The minimum absolute atomic E-state index is 0.317. The highest BCUT2D eigenvalue weighted by Gasteiger charge is 2.09. The summed E-state index contributed by atoms with van der Waals surface area (Å²) in [6.07, 6.45) is -0.653. The van der Waals surface area contributed by atoms with Crippen molar-refractivity contribution in [2.75, 3.05) is 6.61 Å². The highest BCUT2D eigenvalue weighted by molar-refractivity contribution is 9.08. The third-order valence-corrected chi connectivity index (χ3v) is 3.80. The lowest BCUT2D eigenvalue weighted by atomic mass is 10.2. The Labute approximate surface area is 111 Å². The van der Waals surface area contributed by atoms with E-state index in [0.29, 0.717) is 11.7 Å². The number of hydrogen-bond acceptors (Lipinski definition) is 4. The first-order valence-electron chi connectivity index (χ1n) is 5.16. The second-order valence-electron chi connectivity index (χ2n) is 3.36. The molecule has 1 aromatic carbocycles. The van der Waals surface area contributed by atoms with Crippen molar-refractivity contribution in [2.45, 2.75) is 12.3 Å². The summed E-state index contributed by atoms with van der Waals surface area (Å²) in [7, 11) is 0. The number of hydrogen-bond donors (Lipinski definition) is 0. The van der Waals surface area contributed by atoms with Gasteiger partial charge in [0.1, 0.15) is 0 Å². The molecule has 0 fully saturated rings. The summed E-state index contributed by atoms with van der Waals surface area (Å²) in [5, 5.41) is 2.45. The van der Waals surface area contributed by atoms with Crippen LogP contribution in [0.3, 0.4) is 0 Å². The Bertz CT molecular complexity index is 536. The first-order chi connectivity index (χ1) is 8.22. The van der Waals surface area contributed by atoms with E-state index in [2.05, 4.69) is 22.0 Å². The predicted molar refractivity (Wildman–Crippen MR) is 72.1 cm³/mol. The lowest BCUT2D eigenvalue weighted by molar-refractivity contribution is 0.105. The number of carbonyl (C=O) groups is 1. The van der Waals surface area contributed by atoms with Crippen molar-refractivity contribution in [3.63, 3.8) is 0 Å². The Morgan fingerprint density at radius 2 is 2.24 bits per heavy atom. The number of ether oxygens (including phenoxy) is 2. The van der Waals surface area contributed by atoms with E-state index in [9.17, 15) is 4.79 Å². The van der Waals surface area contributed by atoms with Crippen LogP contribution in [0.25, 0.3) is 10.1 Å². The van der Waals surface area contributed by atoms with Crippen molar-refractivity contribution in [1.29, 1.82) is 0 Å². The molecule has 3 nitrogen and oxygen atoms in total. The molecule has 0 spiro atoms. The number of carbonyl (C=O) groups excluding carboxylic acids is 1. The molecule has 0 unspecified atom stereocenters. The minimum Gasteiger partial charge on any atom is -0.434 e. The standard InChI is InChI=1S/C12H11BrO3S/c1-2-15-12(14)16-11-6-9-5-8(7-13)3-4-10(9)17-11/h3-6H,2,7H2,1H3. The van der Waals surface area contributed by atoms with Crippen molar-refractivity contribution in [1.82, 2.24) is 0 Å². The van der Waals surface area contributed by atoms with Gasteiger partial charge in [-0.25, -0.2) is 4.79 Å². The lowest BCUT2D eigenvalue weighted by Gasteiger charge is -1.99. The predicted octanol–water partition coefficient (Wildman–Crippen LogP) is 4.33. The molecule has 0 saturated carbocycles. The second kappa shape index (κ2) is 5.51. The first kappa shape index (κ1) is 12.4. The summed E-state index contributed by atoms with van der Waals surface area (Å²) in [5.74, 6) is 0. The molecule has 0 amide bonds. The van der Waals surface area contributed by atoms with Gasteiger partial charge in [-0.1, -0.05) is 33.3 Å². The zero-order valence-corrected chi connectivity index (χ0v) is 11.6. The van der Waals surface area contributed by atoms with Gasteiger partial charge in [0.25, 0.3) is 0 Å². The van der Waals surface area contributed by atoms with Crippen molar-refractivity contribution in [2.24, 2.45) is 0 Å². The van der Waals surface area contributed by atoms with Crippen molar-refractivity contribution in [3.05, 3.63) is 29.8 Å². The van der Waals surface area contributed by atoms with E-state index in [0.717, 1.165) is 15.4 Å². The highest BCUT2D eigenvalue weighted by Crippen LogP contribution is 2.32. The molecule has 17 heavy (non-hydrogen) atoms. The van der Waals surface area contributed by atoms with Gasteiger partial charge in [-0.2, -0.15) is 0 Å². The summed E-state index contributed by atoms with van der Waals surface area (Å²) < 4.78 is 10.9. The van der Waals surface area contributed by atoms with Gasteiger partial charge in [-0.05, 0) is 30.0 Å². The smallest absolute Gasteiger partial charge is 0.434 e. The summed E-state index contributed by atoms with van der Waals surface area (Å²) in [6, 6.07) is 7.98. The summed E-state index contributed by atoms with van der Waals surface area (Å²) >= 11 is 4.84. The number of halogens is 1. The molecule has 5 heteroatoms. The van der Waals surface area contributed by atoms with Gasteiger partial charge in [-0.15, -0.1) is 0 Å². The quantitative estimate of drug-likeness (QED) is 0.624. The van der Waals surface area contributed by atoms with Gasteiger partial charge < -0.3 is 9.47 Å². The van der Waals surface area contributed by atoms with Crippen molar-refractivity contribution >= 4 is 43.5 Å². The number of thiophene rings is 1. The average Bonchev–Trinajstić information content (AvgIpc) is 2.69. The number of benzene rings is 1. The first-order valence-corrected chi connectivity index (χ1v) is 7.09. The fraction of sp³-hybridized carbons (Fsp3) is 0.250. The molecule has 90 valence electrons. The SMILES string of the molecule is CCOC(=O)Oc1cc2cc(CBr)ccc2s1. The van der Waals surface area contributed by atoms with Crippen LogP contribution in [0, 0.1) is 0 Å². The molecule has 1 heterocycles. The summed E-state index contributed by atoms with van der Waals surface area (Å²) in [5.41, 5.74) is 1.19. The van der Waals surface area contributed by atoms with Crippen molar-refractivity contribution in [3.8, 4) is 5.06 Å². The molecule has 2 rings (SSSR count). The maximum absolute atomic E-state index is 11.2. The fourth-order valence-corrected chi connectivity index (χ4v) is 2.66. The Morgan fingerprint density at radius 3 is 2.94 bits per heavy atom. The molecule has 2 aromatic rings. The van der Waals surface area contributed by atoms with Gasteiger partial charge in [0.2, 0.25) is 0 Å². The van der Waals surface area contributed by atoms with Crippen LogP contribution in [0.15, 0.2) is 24.3 Å². The Morgan fingerprint density at radius 1 is 1.41 bits per heavy atom. The maximum Gasteiger partial charge on any atom is 0.514 e. The van der Waals surface area contributed by atoms with Crippen LogP contribution in [0.2, 0.25) is 0 Å². The second-order valence-corrected chi connectivity index (χ2v) is 4.96. The molecule has 0 saturated heterocycles. The van der Waals surface area contributed by atoms with Crippen LogP contribution < -0.4 is 4.74 Å². The monoisotopic (exact) mass is 314 g/mol. The van der Waals surface area contributed by atoms with Crippen molar-refractivity contribution < 1.29 is 14.3 Å². The lowest BCUT2D eigenvalue weighted by Crippen LogP contribution is -2.08. The Hall–Kier alpha value is -1.07.